The molecular weight excluding hydrogens is 370 g/mol. The van der Waals surface area contributed by atoms with Gasteiger partial charge in [0.25, 0.3) is 0 Å². The summed E-state index contributed by atoms with van der Waals surface area (Å²) < 4.78 is 10.6. The number of benzene rings is 1. The van der Waals surface area contributed by atoms with Crippen molar-refractivity contribution < 1.29 is 19.1 Å². The number of carbonyl (C=O) groups excluding carboxylic acids is 2. The third-order valence-corrected chi connectivity index (χ3v) is 5.94. The monoisotopic (exact) mass is 399 g/mol. The lowest BCUT2D eigenvalue weighted by molar-refractivity contribution is -0.133. The van der Waals surface area contributed by atoms with Gasteiger partial charge >= 0.3 is 0 Å². The quantitative estimate of drug-likeness (QED) is 0.731. The van der Waals surface area contributed by atoms with Crippen molar-refractivity contribution in [3.05, 3.63) is 29.8 Å². The van der Waals surface area contributed by atoms with Crippen LogP contribution in [0.5, 0.6) is 5.75 Å². The number of hydrogen-bond donors (Lipinski definition) is 2. The number of aryl methyl sites for hydroxylation is 1. The number of methoxy groups -OCH3 is 1. The molecule has 2 unspecified atom stereocenters. The molecule has 7 heteroatoms. The summed E-state index contributed by atoms with van der Waals surface area (Å²) in [6, 6.07) is 9.96. The zero-order valence-corrected chi connectivity index (χ0v) is 16.9. The van der Waals surface area contributed by atoms with Crippen LogP contribution in [0.2, 0.25) is 0 Å². The van der Waals surface area contributed by atoms with Crippen LogP contribution in [-0.4, -0.2) is 44.2 Å². The molecule has 1 saturated carbocycles. The lowest BCUT2D eigenvalue weighted by atomic mass is 9.80. The van der Waals surface area contributed by atoms with Crippen molar-refractivity contribution in [3.8, 4) is 11.8 Å². The van der Waals surface area contributed by atoms with E-state index in [1.54, 1.807) is 7.11 Å². The van der Waals surface area contributed by atoms with E-state index in [0.29, 0.717) is 45.3 Å². The van der Waals surface area contributed by atoms with Crippen molar-refractivity contribution in [1.82, 2.24) is 10.6 Å². The van der Waals surface area contributed by atoms with Crippen molar-refractivity contribution in [3.63, 3.8) is 0 Å². The molecule has 1 heterocycles. The molecule has 1 aliphatic heterocycles. The van der Waals surface area contributed by atoms with E-state index in [1.807, 2.05) is 24.3 Å². The second kappa shape index (κ2) is 9.75. The van der Waals surface area contributed by atoms with Gasteiger partial charge in [-0.1, -0.05) is 18.2 Å². The number of para-hydroxylation sites is 1. The predicted octanol–water partition coefficient (Wildman–Crippen LogP) is 2.10. The SMILES string of the molecule is COc1ccccc1CCC(=O)NC1CCC(NC(=O)C2(C#N)CCOCC2)C1. The first-order valence-electron chi connectivity index (χ1n) is 10.3. The van der Waals surface area contributed by atoms with Gasteiger partial charge in [0, 0.05) is 31.7 Å². The molecule has 0 radical (unpaired) electrons. The Balaban J connectivity index is 1.44. The lowest BCUT2D eigenvalue weighted by Crippen LogP contribution is -2.47. The average molecular weight is 399 g/mol. The molecule has 29 heavy (non-hydrogen) atoms. The summed E-state index contributed by atoms with van der Waals surface area (Å²) in [5.41, 5.74) is 0.0360. The predicted molar refractivity (Wildman–Crippen MR) is 107 cm³/mol. The van der Waals surface area contributed by atoms with E-state index < -0.39 is 5.41 Å². The molecule has 2 fully saturated rings. The zero-order valence-electron chi connectivity index (χ0n) is 16.9. The van der Waals surface area contributed by atoms with Crippen LogP contribution >= 0.6 is 0 Å². The first-order chi connectivity index (χ1) is 14.1. The smallest absolute Gasteiger partial charge is 0.240 e. The Morgan fingerprint density at radius 3 is 2.59 bits per heavy atom. The Labute approximate surface area is 171 Å². The molecule has 0 spiro atoms. The summed E-state index contributed by atoms with van der Waals surface area (Å²) in [6.07, 6.45) is 4.22. The van der Waals surface area contributed by atoms with Crippen LogP contribution in [0.3, 0.4) is 0 Å². The fourth-order valence-corrected chi connectivity index (χ4v) is 4.13. The standard InChI is InChI=1S/C22H29N3O4/c1-28-19-5-3-2-4-16(19)6-9-20(26)24-17-7-8-18(14-17)25-21(27)22(15-23)10-12-29-13-11-22/h2-5,17-18H,6-14H2,1H3,(H,24,26)(H,25,27). The van der Waals surface area contributed by atoms with Gasteiger partial charge in [-0.25, -0.2) is 0 Å². The summed E-state index contributed by atoms with van der Waals surface area (Å²) in [5, 5.41) is 15.6. The van der Waals surface area contributed by atoms with Gasteiger partial charge in [-0.05, 0) is 50.2 Å². The van der Waals surface area contributed by atoms with Crippen molar-refractivity contribution >= 4 is 11.8 Å². The van der Waals surface area contributed by atoms with Crippen LogP contribution < -0.4 is 15.4 Å². The van der Waals surface area contributed by atoms with E-state index in [0.717, 1.165) is 24.2 Å². The summed E-state index contributed by atoms with van der Waals surface area (Å²) in [7, 11) is 1.63. The molecule has 156 valence electrons. The topological polar surface area (TPSA) is 100 Å². The van der Waals surface area contributed by atoms with Gasteiger partial charge < -0.3 is 20.1 Å². The maximum atomic E-state index is 12.7. The van der Waals surface area contributed by atoms with E-state index >= 15 is 0 Å². The molecule has 2 amide bonds. The number of nitrogens with zero attached hydrogens (tertiary/aromatic N) is 1. The second-order valence-corrected chi connectivity index (χ2v) is 7.87. The maximum Gasteiger partial charge on any atom is 0.240 e. The fraction of sp³-hybridized carbons (Fsp3) is 0.591. The highest BCUT2D eigenvalue weighted by atomic mass is 16.5. The molecule has 0 bridgehead atoms. The van der Waals surface area contributed by atoms with E-state index in [-0.39, 0.29) is 23.9 Å². The summed E-state index contributed by atoms with van der Waals surface area (Å²) >= 11 is 0. The van der Waals surface area contributed by atoms with Crippen LogP contribution in [0, 0.1) is 16.7 Å². The molecule has 1 aliphatic carbocycles. The van der Waals surface area contributed by atoms with Crippen LogP contribution in [0.15, 0.2) is 24.3 Å². The van der Waals surface area contributed by atoms with Gasteiger partial charge in [0.1, 0.15) is 11.2 Å². The third kappa shape index (κ3) is 5.27. The molecule has 1 aromatic carbocycles. The highest BCUT2D eigenvalue weighted by molar-refractivity contribution is 5.85. The number of rotatable bonds is 7. The van der Waals surface area contributed by atoms with E-state index in [4.69, 9.17) is 9.47 Å². The second-order valence-electron chi connectivity index (χ2n) is 7.87. The van der Waals surface area contributed by atoms with Gasteiger partial charge in [0.05, 0.1) is 13.2 Å². The van der Waals surface area contributed by atoms with Crippen molar-refractivity contribution in [2.24, 2.45) is 5.41 Å². The molecule has 7 nitrogen and oxygen atoms in total. The Morgan fingerprint density at radius 1 is 1.21 bits per heavy atom. The highest BCUT2D eigenvalue weighted by Crippen LogP contribution is 2.31. The molecule has 0 aromatic heterocycles. The minimum Gasteiger partial charge on any atom is -0.496 e. The van der Waals surface area contributed by atoms with Gasteiger partial charge in [0.15, 0.2) is 0 Å². The van der Waals surface area contributed by atoms with Crippen LogP contribution in [-0.2, 0) is 20.7 Å². The molecule has 1 aromatic rings. The molecule has 2 atom stereocenters. The van der Waals surface area contributed by atoms with E-state index in [1.165, 1.54) is 0 Å². The molecule has 3 rings (SSSR count). The zero-order chi connectivity index (χ0) is 20.7. The highest BCUT2D eigenvalue weighted by Gasteiger charge is 2.42. The third-order valence-electron chi connectivity index (χ3n) is 5.94. The summed E-state index contributed by atoms with van der Waals surface area (Å²) in [6.45, 7) is 0.882. The Hall–Kier alpha value is -2.59. The average Bonchev–Trinajstić information content (AvgIpc) is 3.19. The molecular formula is C22H29N3O4. The number of amides is 2. The van der Waals surface area contributed by atoms with Crippen LogP contribution in [0.1, 0.15) is 44.1 Å². The van der Waals surface area contributed by atoms with Gasteiger partial charge in [-0.3, -0.25) is 9.59 Å². The van der Waals surface area contributed by atoms with E-state index in [2.05, 4.69) is 16.7 Å². The molecule has 1 saturated heterocycles. The fourth-order valence-electron chi connectivity index (χ4n) is 4.13. The number of ether oxygens (including phenoxy) is 2. The Morgan fingerprint density at radius 2 is 1.90 bits per heavy atom. The number of hydrogen-bond acceptors (Lipinski definition) is 5. The van der Waals surface area contributed by atoms with Crippen LogP contribution in [0.25, 0.3) is 0 Å². The van der Waals surface area contributed by atoms with Crippen LogP contribution in [0.4, 0.5) is 0 Å². The number of nitriles is 1. The summed E-state index contributed by atoms with van der Waals surface area (Å²) in [4.78, 5) is 25.0. The Bertz CT molecular complexity index is 768. The first-order valence-corrected chi connectivity index (χ1v) is 10.3. The number of nitrogens with one attached hydrogen (secondary N) is 2. The van der Waals surface area contributed by atoms with Crippen molar-refractivity contribution in [2.45, 2.75) is 57.0 Å². The Kier molecular flexibility index (Phi) is 7.10. The molecule has 2 aliphatic rings. The normalized spacial score (nSPS) is 23.0. The minimum absolute atomic E-state index is 0.00455. The van der Waals surface area contributed by atoms with Gasteiger partial charge in [-0.15, -0.1) is 0 Å². The van der Waals surface area contributed by atoms with Crippen molar-refractivity contribution in [2.75, 3.05) is 20.3 Å². The van der Waals surface area contributed by atoms with Gasteiger partial charge in [-0.2, -0.15) is 5.26 Å². The molecule has 2 N–H and O–H groups in total. The summed E-state index contributed by atoms with van der Waals surface area (Å²) in [5.74, 6) is 0.603. The largest absolute Gasteiger partial charge is 0.496 e. The minimum atomic E-state index is -0.978. The number of carbonyl (C=O) groups is 2. The van der Waals surface area contributed by atoms with Crippen molar-refractivity contribution in [1.29, 1.82) is 5.26 Å². The lowest BCUT2D eigenvalue weighted by Gasteiger charge is -2.30. The van der Waals surface area contributed by atoms with Gasteiger partial charge in [0.2, 0.25) is 11.8 Å². The van der Waals surface area contributed by atoms with E-state index in [9.17, 15) is 14.9 Å². The first kappa shape index (κ1) is 21.1. The maximum absolute atomic E-state index is 12.7.